The first-order valence-corrected chi connectivity index (χ1v) is 9.42. The zero-order chi connectivity index (χ0) is 18.7. The molecule has 0 heterocycles. The molecule has 0 aliphatic heterocycles. The second kappa shape index (κ2) is 11.7. The third-order valence-corrected chi connectivity index (χ3v) is 4.49. The van der Waals surface area contributed by atoms with Gasteiger partial charge in [0.15, 0.2) is 0 Å². The van der Waals surface area contributed by atoms with Gasteiger partial charge >= 0.3 is 11.9 Å². The number of methoxy groups -OCH3 is 1. The second-order valence-corrected chi connectivity index (χ2v) is 6.61. The molecule has 0 saturated carbocycles. The summed E-state index contributed by atoms with van der Waals surface area (Å²) in [6, 6.07) is 5.18. The molecule has 0 amide bonds. The summed E-state index contributed by atoms with van der Waals surface area (Å²) in [5, 5.41) is 0. The fourth-order valence-corrected chi connectivity index (χ4v) is 3.09. The number of para-hydroxylation sites is 1. The first kappa shape index (κ1) is 21.2. The summed E-state index contributed by atoms with van der Waals surface area (Å²) in [6.45, 7) is 6.23. The van der Waals surface area contributed by atoms with Gasteiger partial charge in [-0.15, -0.1) is 0 Å². The van der Waals surface area contributed by atoms with E-state index in [1.54, 1.807) is 12.1 Å². The number of esters is 2. The van der Waals surface area contributed by atoms with Crippen LogP contribution < -0.4 is 4.74 Å². The fraction of sp³-hybridized carbons (Fsp3) is 0.619. The minimum absolute atomic E-state index is 0.287. The maximum Gasteiger partial charge on any atom is 0.341 e. The molecule has 0 aliphatic rings. The van der Waals surface area contributed by atoms with Crippen LogP contribution in [0.15, 0.2) is 18.2 Å². The minimum atomic E-state index is -0.492. The highest BCUT2D eigenvalue weighted by Gasteiger charge is 2.18. The van der Waals surface area contributed by atoms with Gasteiger partial charge in [-0.25, -0.2) is 4.79 Å². The Bertz CT molecular complexity index is 551. The Morgan fingerprint density at radius 2 is 1.76 bits per heavy atom. The minimum Gasteiger partial charge on any atom is -0.465 e. The third-order valence-electron chi connectivity index (χ3n) is 4.49. The van der Waals surface area contributed by atoms with E-state index in [-0.39, 0.29) is 5.97 Å². The van der Waals surface area contributed by atoms with Crippen molar-refractivity contribution in [2.45, 2.75) is 72.1 Å². The smallest absolute Gasteiger partial charge is 0.341 e. The zero-order valence-electron chi connectivity index (χ0n) is 16.1. The van der Waals surface area contributed by atoms with Gasteiger partial charge in [0.25, 0.3) is 0 Å². The first-order chi connectivity index (χ1) is 12.0. The lowest BCUT2D eigenvalue weighted by atomic mass is 9.92. The molecule has 25 heavy (non-hydrogen) atoms. The topological polar surface area (TPSA) is 52.6 Å². The predicted molar refractivity (Wildman–Crippen MR) is 99.9 cm³/mol. The van der Waals surface area contributed by atoms with Crippen LogP contribution in [0, 0.1) is 12.8 Å². The highest BCUT2D eigenvalue weighted by molar-refractivity contribution is 5.94. The summed E-state index contributed by atoms with van der Waals surface area (Å²) in [6.07, 6.45) is 8.37. The summed E-state index contributed by atoms with van der Waals surface area (Å²) in [5.41, 5.74) is 1.05. The van der Waals surface area contributed by atoms with Crippen molar-refractivity contribution in [1.82, 2.24) is 0 Å². The zero-order valence-corrected chi connectivity index (χ0v) is 16.1. The van der Waals surface area contributed by atoms with E-state index < -0.39 is 5.97 Å². The molecule has 0 aliphatic carbocycles. The molecule has 0 saturated heterocycles. The molecule has 4 nitrogen and oxygen atoms in total. The summed E-state index contributed by atoms with van der Waals surface area (Å²) in [4.78, 5) is 24.0. The van der Waals surface area contributed by atoms with E-state index in [1.165, 1.54) is 39.2 Å². The Hall–Kier alpha value is -1.84. The lowest BCUT2D eigenvalue weighted by molar-refractivity contribution is -0.134. The van der Waals surface area contributed by atoms with Crippen molar-refractivity contribution in [2.75, 3.05) is 7.11 Å². The Labute approximate surface area is 151 Å². The quantitative estimate of drug-likeness (QED) is 0.393. The van der Waals surface area contributed by atoms with E-state index >= 15 is 0 Å². The standard InChI is InChI=1S/C21H32O4/c1-5-7-12-17(10-6-2)13-9-15-19(22)25-20-16(3)11-8-14-18(20)21(23)24-4/h8,11,14,17H,5-7,9-10,12-13,15H2,1-4H3. The number of hydrogen-bond donors (Lipinski definition) is 0. The molecular formula is C21H32O4. The number of ether oxygens (including phenoxy) is 2. The number of carbonyl (C=O) groups excluding carboxylic acids is 2. The van der Waals surface area contributed by atoms with Crippen molar-refractivity contribution >= 4 is 11.9 Å². The molecule has 4 heteroatoms. The maximum absolute atomic E-state index is 12.2. The van der Waals surface area contributed by atoms with Crippen LogP contribution in [0.2, 0.25) is 0 Å². The van der Waals surface area contributed by atoms with E-state index in [0.717, 1.165) is 18.4 Å². The first-order valence-electron chi connectivity index (χ1n) is 9.42. The Kier molecular flexibility index (Phi) is 9.90. The molecule has 0 aromatic heterocycles. The van der Waals surface area contributed by atoms with Gasteiger partial charge in [-0.3, -0.25) is 4.79 Å². The number of carbonyl (C=O) groups is 2. The van der Waals surface area contributed by atoms with Crippen LogP contribution in [-0.4, -0.2) is 19.0 Å². The van der Waals surface area contributed by atoms with Crippen molar-refractivity contribution < 1.29 is 19.1 Å². The van der Waals surface area contributed by atoms with Crippen molar-refractivity contribution in [3.63, 3.8) is 0 Å². The summed E-state index contributed by atoms with van der Waals surface area (Å²) in [5.74, 6) is 0.233. The molecule has 1 rings (SSSR count). The van der Waals surface area contributed by atoms with Crippen LogP contribution in [0.5, 0.6) is 5.75 Å². The lowest BCUT2D eigenvalue weighted by Gasteiger charge is -2.15. The number of unbranched alkanes of at least 4 members (excludes halogenated alkanes) is 1. The summed E-state index contributed by atoms with van der Waals surface area (Å²) < 4.78 is 10.2. The van der Waals surface area contributed by atoms with Gasteiger partial charge in [0, 0.05) is 6.42 Å². The van der Waals surface area contributed by atoms with Gasteiger partial charge < -0.3 is 9.47 Å². The van der Waals surface area contributed by atoms with Crippen LogP contribution in [0.4, 0.5) is 0 Å². The lowest BCUT2D eigenvalue weighted by Crippen LogP contribution is -2.13. The molecule has 1 aromatic rings. The van der Waals surface area contributed by atoms with Gasteiger partial charge in [-0.1, -0.05) is 58.1 Å². The molecular weight excluding hydrogens is 316 g/mol. The van der Waals surface area contributed by atoms with Crippen LogP contribution in [0.3, 0.4) is 0 Å². The van der Waals surface area contributed by atoms with Gasteiger partial charge in [0.1, 0.15) is 11.3 Å². The number of benzene rings is 1. The van der Waals surface area contributed by atoms with Crippen molar-refractivity contribution in [2.24, 2.45) is 5.92 Å². The Morgan fingerprint density at radius 1 is 1.04 bits per heavy atom. The normalized spacial score (nSPS) is 11.8. The monoisotopic (exact) mass is 348 g/mol. The average Bonchev–Trinajstić information content (AvgIpc) is 2.60. The molecule has 0 spiro atoms. The van der Waals surface area contributed by atoms with Crippen molar-refractivity contribution in [3.8, 4) is 5.75 Å². The van der Waals surface area contributed by atoms with Gasteiger partial charge in [-0.05, 0) is 37.3 Å². The van der Waals surface area contributed by atoms with Gasteiger partial charge in [0.05, 0.1) is 7.11 Å². The molecule has 0 radical (unpaired) electrons. The summed E-state index contributed by atoms with van der Waals surface area (Å²) >= 11 is 0. The molecule has 140 valence electrons. The van der Waals surface area contributed by atoms with Crippen LogP contribution in [0.1, 0.15) is 81.1 Å². The molecule has 0 bridgehead atoms. The number of aryl methyl sites for hydroxylation is 1. The highest BCUT2D eigenvalue weighted by atomic mass is 16.5. The van der Waals surface area contributed by atoms with Crippen LogP contribution in [0.25, 0.3) is 0 Å². The van der Waals surface area contributed by atoms with E-state index in [4.69, 9.17) is 9.47 Å². The average molecular weight is 348 g/mol. The molecule has 0 N–H and O–H groups in total. The Balaban J connectivity index is 2.58. The molecule has 0 fully saturated rings. The fourth-order valence-electron chi connectivity index (χ4n) is 3.09. The number of rotatable bonds is 11. The maximum atomic E-state index is 12.2. The highest BCUT2D eigenvalue weighted by Crippen LogP contribution is 2.26. The third kappa shape index (κ3) is 7.29. The van der Waals surface area contributed by atoms with Gasteiger partial charge in [-0.2, -0.15) is 0 Å². The van der Waals surface area contributed by atoms with Crippen LogP contribution >= 0.6 is 0 Å². The van der Waals surface area contributed by atoms with E-state index in [9.17, 15) is 9.59 Å². The Morgan fingerprint density at radius 3 is 2.40 bits per heavy atom. The predicted octanol–water partition coefficient (Wildman–Crippen LogP) is 5.46. The largest absolute Gasteiger partial charge is 0.465 e. The molecule has 1 atom stereocenters. The van der Waals surface area contributed by atoms with Crippen LogP contribution in [-0.2, 0) is 9.53 Å². The van der Waals surface area contributed by atoms with E-state index in [0.29, 0.717) is 23.7 Å². The number of hydrogen-bond acceptors (Lipinski definition) is 4. The molecule has 1 aromatic carbocycles. The van der Waals surface area contributed by atoms with Crippen molar-refractivity contribution in [3.05, 3.63) is 29.3 Å². The SMILES string of the molecule is CCCCC(CCC)CCCC(=O)Oc1c(C)cccc1C(=O)OC. The molecule has 1 unspecified atom stereocenters. The van der Waals surface area contributed by atoms with E-state index in [2.05, 4.69) is 13.8 Å². The second-order valence-electron chi connectivity index (χ2n) is 6.61. The van der Waals surface area contributed by atoms with Gasteiger partial charge in [0.2, 0.25) is 0 Å². The van der Waals surface area contributed by atoms with E-state index in [1.807, 2.05) is 13.0 Å². The van der Waals surface area contributed by atoms with Crippen molar-refractivity contribution in [1.29, 1.82) is 0 Å². The summed E-state index contributed by atoms with van der Waals surface area (Å²) in [7, 11) is 1.32.